The van der Waals surface area contributed by atoms with Crippen LogP contribution in [0.5, 0.6) is 0 Å². The number of hydrogen-bond acceptors (Lipinski definition) is 7. The predicted octanol–water partition coefficient (Wildman–Crippen LogP) is 7.30. The first-order valence-electron chi connectivity index (χ1n) is 16.4. The Balaban J connectivity index is 1.07. The van der Waals surface area contributed by atoms with Gasteiger partial charge in [0.1, 0.15) is 10.5 Å². The van der Waals surface area contributed by atoms with Gasteiger partial charge in [-0.25, -0.2) is 4.79 Å². The lowest BCUT2D eigenvalue weighted by atomic mass is 10.0. The highest BCUT2D eigenvalue weighted by atomic mass is 32.2. The van der Waals surface area contributed by atoms with Gasteiger partial charge in [0.25, 0.3) is 27.8 Å². The van der Waals surface area contributed by atoms with Gasteiger partial charge in [0.2, 0.25) is 0 Å². The molecule has 5 aromatic carbocycles. The standard InChI is InChI=1S/C39H38N4O8S/c1-39(2,3)51-38(47)43-31-22-16-28(17-23-31)37(46)42-30-20-14-27(15-21-30)36(45)41-29-18-12-26(13-19-29)35(44)40-24-6-8-25-7-4-10-33-32(25)9-5-11-34(33)52(48,49)50/h4-5,7,9-23H,6,8,24H2,1-3H3,(H,40,44)(H,41,45)(H,42,46)(H,43,47)(H,48,49,50). The maximum atomic E-state index is 12.9. The summed E-state index contributed by atoms with van der Waals surface area (Å²) in [5, 5.41) is 12.2. The van der Waals surface area contributed by atoms with Crippen molar-refractivity contribution in [2.75, 3.05) is 22.5 Å². The molecule has 0 saturated carbocycles. The number of carbonyl (C=O) groups is 4. The fourth-order valence-electron chi connectivity index (χ4n) is 5.31. The van der Waals surface area contributed by atoms with Gasteiger partial charge < -0.3 is 20.7 Å². The summed E-state index contributed by atoms with van der Waals surface area (Å²) in [6.07, 6.45) is 0.579. The summed E-state index contributed by atoms with van der Waals surface area (Å²) < 4.78 is 38.3. The Morgan fingerprint density at radius 1 is 0.615 bits per heavy atom. The van der Waals surface area contributed by atoms with Crippen molar-refractivity contribution in [3.63, 3.8) is 0 Å². The van der Waals surface area contributed by atoms with Crippen molar-refractivity contribution in [1.82, 2.24) is 5.32 Å². The third kappa shape index (κ3) is 10.0. The van der Waals surface area contributed by atoms with E-state index in [1.807, 2.05) is 6.07 Å². The Labute approximate surface area is 301 Å². The van der Waals surface area contributed by atoms with Crippen LogP contribution in [0.2, 0.25) is 0 Å². The second kappa shape index (κ2) is 15.9. The van der Waals surface area contributed by atoms with Crippen molar-refractivity contribution in [1.29, 1.82) is 0 Å². The van der Waals surface area contributed by atoms with Crippen LogP contribution in [0, 0.1) is 0 Å². The van der Waals surface area contributed by atoms with Crippen LogP contribution in [0.1, 0.15) is 63.8 Å². The molecule has 5 N–H and O–H groups in total. The molecule has 13 heteroatoms. The minimum atomic E-state index is -4.36. The fourth-order valence-corrected chi connectivity index (χ4v) is 6.02. The molecule has 52 heavy (non-hydrogen) atoms. The minimum absolute atomic E-state index is 0.143. The molecule has 0 aliphatic rings. The van der Waals surface area contributed by atoms with Crippen LogP contribution in [0.25, 0.3) is 10.8 Å². The zero-order valence-electron chi connectivity index (χ0n) is 28.7. The molecule has 5 aromatic rings. The molecule has 0 aliphatic carbocycles. The van der Waals surface area contributed by atoms with E-state index in [2.05, 4.69) is 21.3 Å². The van der Waals surface area contributed by atoms with Gasteiger partial charge in [-0.05, 0) is 123 Å². The second-order valence-corrected chi connectivity index (χ2v) is 14.3. The summed E-state index contributed by atoms with van der Waals surface area (Å²) in [5.41, 5.74) is 2.85. The van der Waals surface area contributed by atoms with E-state index in [1.54, 1.807) is 118 Å². The van der Waals surface area contributed by atoms with Gasteiger partial charge in [-0.1, -0.05) is 30.3 Å². The molecule has 0 aliphatic heterocycles. The molecule has 0 bridgehead atoms. The van der Waals surface area contributed by atoms with Crippen LogP contribution < -0.4 is 21.3 Å². The van der Waals surface area contributed by atoms with E-state index in [4.69, 9.17) is 4.74 Å². The maximum Gasteiger partial charge on any atom is 0.412 e. The number of ether oxygens (including phenoxy) is 1. The van der Waals surface area contributed by atoms with Crippen molar-refractivity contribution in [2.45, 2.75) is 44.1 Å². The second-order valence-electron chi connectivity index (χ2n) is 12.9. The lowest BCUT2D eigenvalue weighted by Gasteiger charge is -2.19. The number of anilines is 3. The maximum absolute atomic E-state index is 12.9. The van der Waals surface area contributed by atoms with E-state index in [1.165, 1.54) is 6.07 Å². The first-order chi connectivity index (χ1) is 24.7. The third-order valence-corrected chi connectivity index (χ3v) is 8.67. The average molecular weight is 723 g/mol. The van der Waals surface area contributed by atoms with E-state index in [0.29, 0.717) is 58.5 Å². The van der Waals surface area contributed by atoms with E-state index in [0.717, 1.165) is 10.9 Å². The molecule has 0 unspecified atom stereocenters. The first-order valence-corrected chi connectivity index (χ1v) is 17.8. The highest BCUT2D eigenvalue weighted by Gasteiger charge is 2.17. The van der Waals surface area contributed by atoms with Gasteiger partial charge in [0.15, 0.2) is 0 Å². The Bertz CT molecular complexity index is 2210. The Hall–Kier alpha value is -6.05. The monoisotopic (exact) mass is 722 g/mol. The van der Waals surface area contributed by atoms with Crippen LogP contribution in [-0.2, 0) is 21.3 Å². The topological polar surface area (TPSA) is 180 Å². The molecule has 0 fully saturated rings. The van der Waals surface area contributed by atoms with E-state index < -0.39 is 21.8 Å². The highest BCUT2D eigenvalue weighted by Crippen LogP contribution is 2.26. The molecule has 0 atom stereocenters. The number of aryl methyl sites for hydroxylation is 1. The van der Waals surface area contributed by atoms with Crippen LogP contribution in [0.3, 0.4) is 0 Å². The van der Waals surface area contributed by atoms with E-state index >= 15 is 0 Å². The lowest BCUT2D eigenvalue weighted by molar-refractivity contribution is 0.0635. The Kier molecular flexibility index (Phi) is 11.4. The van der Waals surface area contributed by atoms with Crippen molar-refractivity contribution >= 4 is 61.8 Å². The van der Waals surface area contributed by atoms with Gasteiger partial charge in [-0.2, -0.15) is 8.42 Å². The normalized spacial score (nSPS) is 11.4. The number of amides is 4. The number of rotatable bonds is 11. The Morgan fingerprint density at radius 3 is 1.58 bits per heavy atom. The largest absolute Gasteiger partial charge is 0.444 e. The molecule has 268 valence electrons. The zero-order chi connectivity index (χ0) is 37.5. The Morgan fingerprint density at radius 2 is 1.08 bits per heavy atom. The third-order valence-electron chi connectivity index (χ3n) is 7.76. The number of benzene rings is 5. The van der Waals surface area contributed by atoms with E-state index in [-0.39, 0.29) is 22.6 Å². The minimum Gasteiger partial charge on any atom is -0.444 e. The summed E-state index contributed by atoms with van der Waals surface area (Å²) in [4.78, 5) is 50.1. The molecular formula is C39H38N4O8S. The van der Waals surface area contributed by atoms with Crippen molar-refractivity contribution < 1.29 is 36.9 Å². The van der Waals surface area contributed by atoms with E-state index in [9.17, 15) is 32.1 Å². The lowest BCUT2D eigenvalue weighted by Crippen LogP contribution is -2.27. The summed E-state index contributed by atoms with van der Waals surface area (Å²) >= 11 is 0. The molecule has 4 amide bonds. The SMILES string of the molecule is CC(C)(C)OC(=O)Nc1ccc(C(=O)Nc2ccc(C(=O)Nc3ccc(C(=O)NCCCc4cccc5c(S(=O)(=O)O)cccc45)cc3)cc2)cc1. The fraction of sp³-hybridized carbons (Fsp3) is 0.179. The van der Waals surface area contributed by atoms with Gasteiger partial charge in [-0.3, -0.25) is 24.3 Å². The smallest absolute Gasteiger partial charge is 0.412 e. The van der Waals surface area contributed by atoms with Crippen molar-refractivity contribution in [3.8, 4) is 0 Å². The van der Waals surface area contributed by atoms with Crippen LogP contribution in [0.4, 0.5) is 21.9 Å². The number of carbonyl (C=O) groups excluding carboxylic acids is 4. The van der Waals surface area contributed by atoms with Gasteiger partial charge in [0.05, 0.1) is 0 Å². The zero-order valence-corrected chi connectivity index (χ0v) is 29.5. The van der Waals surface area contributed by atoms with Crippen LogP contribution >= 0.6 is 0 Å². The quantitative estimate of drug-likeness (QED) is 0.0696. The predicted molar refractivity (Wildman–Crippen MR) is 200 cm³/mol. The summed E-state index contributed by atoms with van der Waals surface area (Å²) in [7, 11) is -4.36. The molecule has 0 heterocycles. The molecule has 0 radical (unpaired) electrons. The molecule has 0 spiro atoms. The molecule has 0 aromatic heterocycles. The highest BCUT2D eigenvalue weighted by molar-refractivity contribution is 7.86. The van der Waals surface area contributed by atoms with Gasteiger partial charge in [-0.15, -0.1) is 0 Å². The number of nitrogens with one attached hydrogen (secondary N) is 4. The summed E-state index contributed by atoms with van der Waals surface area (Å²) in [6.45, 7) is 5.66. The summed E-state index contributed by atoms with van der Waals surface area (Å²) in [5.74, 6) is -1.03. The van der Waals surface area contributed by atoms with Crippen molar-refractivity contribution in [3.05, 3.63) is 131 Å². The van der Waals surface area contributed by atoms with Crippen LogP contribution in [0.15, 0.2) is 114 Å². The van der Waals surface area contributed by atoms with Crippen molar-refractivity contribution in [2.24, 2.45) is 0 Å². The molecule has 5 rings (SSSR count). The van der Waals surface area contributed by atoms with Crippen LogP contribution in [-0.4, -0.2) is 48.9 Å². The molecule has 12 nitrogen and oxygen atoms in total. The summed E-state index contributed by atoms with van der Waals surface area (Å²) in [6, 6.07) is 29.1. The average Bonchev–Trinajstić information content (AvgIpc) is 3.09. The molecule has 0 saturated heterocycles. The molecular weight excluding hydrogens is 685 g/mol. The number of hydrogen-bond donors (Lipinski definition) is 5. The van der Waals surface area contributed by atoms with Gasteiger partial charge in [0, 0.05) is 45.7 Å². The van der Waals surface area contributed by atoms with Gasteiger partial charge >= 0.3 is 6.09 Å². The number of fused-ring (bicyclic) bond motifs is 1. The first kappa shape index (κ1) is 37.2.